The van der Waals surface area contributed by atoms with Gasteiger partial charge in [0, 0.05) is 12.4 Å². The second kappa shape index (κ2) is 3.85. The van der Waals surface area contributed by atoms with Crippen molar-refractivity contribution in [3.63, 3.8) is 0 Å². The maximum Gasteiger partial charge on any atom is 0.338 e. The van der Waals surface area contributed by atoms with Crippen LogP contribution in [0.5, 0.6) is 0 Å². The molecule has 0 aliphatic rings. The third-order valence-corrected chi connectivity index (χ3v) is 1.22. The highest BCUT2D eigenvalue weighted by molar-refractivity contribution is 5.89. The predicted octanol–water partition coefficient (Wildman–Crippen LogP) is 1.46. The molecule has 0 unspecified atom stereocenters. The minimum atomic E-state index is -0.361. The Morgan fingerprint density at radius 2 is 2.17 bits per heavy atom. The zero-order valence-corrected chi connectivity index (χ0v) is 6.86. The van der Waals surface area contributed by atoms with Crippen LogP contribution in [-0.2, 0) is 4.74 Å². The highest BCUT2D eigenvalue weighted by Gasteiger charge is 2.07. The van der Waals surface area contributed by atoms with Crippen LogP contribution >= 0.6 is 0 Å². The van der Waals surface area contributed by atoms with Gasteiger partial charge in [-0.15, -0.1) is 0 Å². The molecule has 1 aromatic heterocycles. The number of ether oxygens (including phenoxy) is 1. The molecule has 1 aromatic rings. The van der Waals surface area contributed by atoms with Gasteiger partial charge in [-0.3, -0.25) is 4.98 Å². The van der Waals surface area contributed by atoms with Crippen LogP contribution < -0.4 is 0 Å². The Labute approximate surface area is 71.4 Å². The number of carbonyl (C=O) groups is 1. The fraction of sp³-hybridized carbons (Fsp3) is 0.222. The monoisotopic (exact) mass is 164 g/mol. The van der Waals surface area contributed by atoms with Gasteiger partial charge in [0.25, 0.3) is 0 Å². The Kier molecular flexibility index (Phi) is 2.80. The van der Waals surface area contributed by atoms with E-state index in [0.717, 1.165) is 0 Å². The molecule has 3 heteroatoms. The lowest BCUT2D eigenvalue weighted by Gasteiger charge is -2.06. The molecule has 0 amide bonds. The van der Waals surface area contributed by atoms with E-state index in [1.165, 1.54) is 0 Å². The fourth-order valence-electron chi connectivity index (χ4n) is 0.739. The molecule has 12 heavy (non-hydrogen) atoms. The summed E-state index contributed by atoms with van der Waals surface area (Å²) in [6.45, 7) is 5.25. The summed E-state index contributed by atoms with van der Waals surface area (Å²) in [6.07, 6.45) is 2.76. The molecular formula is C9H10NO2. The minimum absolute atomic E-state index is 0.328. The van der Waals surface area contributed by atoms with Crippen molar-refractivity contribution in [3.05, 3.63) is 37.0 Å². The van der Waals surface area contributed by atoms with Crippen LogP contribution in [-0.4, -0.2) is 17.1 Å². The molecule has 0 aromatic carbocycles. The second-order valence-corrected chi connectivity index (χ2v) is 2.45. The Bertz CT molecular complexity index is 256. The van der Waals surface area contributed by atoms with Gasteiger partial charge in [0.2, 0.25) is 0 Å². The Morgan fingerprint density at radius 3 is 2.67 bits per heavy atom. The first-order valence-corrected chi connectivity index (χ1v) is 3.64. The summed E-state index contributed by atoms with van der Waals surface area (Å²) in [4.78, 5) is 14.9. The molecule has 0 bridgehead atoms. The molecule has 0 saturated heterocycles. The summed E-state index contributed by atoms with van der Waals surface area (Å²) in [5.41, 5.74) is 0.500. The third kappa shape index (κ3) is 2.34. The number of hydrogen-bond donors (Lipinski definition) is 0. The minimum Gasteiger partial charge on any atom is -0.459 e. The number of carbonyl (C=O) groups excluding carboxylic acids is 1. The second-order valence-electron chi connectivity index (χ2n) is 2.45. The Balaban J connectivity index is 2.66. The van der Waals surface area contributed by atoms with Crippen LogP contribution in [0.4, 0.5) is 0 Å². The van der Waals surface area contributed by atoms with Gasteiger partial charge in [-0.05, 0) is 26.0 Å². The summed E-state index contributed by atoms with van der Waals surface area (Å²) in [5.74, 6) is -0.361. The Hall–Kier alpha value is -1.38. The molecule has 0 fully saturated rings. The van der Waals surface area contributed by atoms with Crippen molar-refractivity contribution in [1.82, 2.24) is 4.98 Å². The summed E-state index contributed by atoms with van der Waals surface area (Å²) in [7, 11) is 0. The molecule has 1 radical (unpaired) electrons. The van der Waals surface area contributed by atoms with Crippen LogP contribution in [0.3, 0.4) is 0 Å². The topological polar surface area (TPSA) is 39.2 Å². The lowest BCUT2D eigenvalue weighted by Crippen LogP contribution is -2.11. The van der Waals surface area contributed by atoms with E-state index in [4.69, 9.17) is 4.74 Å². The van der Waals surface area contributed by atoms with Crippen molar-refractivity contribution >= 4 is 5.97 Å². The van der Waals surface area contributed by atoms with Crippen molar-refractivity contribution in [2.45, 2.75) is 13.0 Å². The molecule has 63 valence electrons. The molecule has 0 saturated carbocycles. The number of esters is 1. The first-order chi connectivity index (χ1) is 5.70. The van der Waals surface area contributed by atoms with Crippen molar-refractivity contribution in [2.24, 2.45) is 0 Å². The number of pyridine rings is 1. The fourth-order valence-corrected chi connectivity index (χ4v) is 0.739. The average molecular weight is 164 g/mol. The molecule has 3 nitrogen and oxygen atoms in total. The van der Waals surface area contributed by atoms with E-state index in [-0.39, 0.29) is 12.1 Å². The quantitative estimate of drug-likeness (QED) is 0.621. The van der Waals surface area contributed by atoms with Crippen LogP contribution in [0.2, 0.25) is 0 Å². The molecule has 1 heterocycles. The summed E-state index contributed by atoms with van der Waals surface area (Å²) >= 11 is 0. The number of rotatable bonds is 2. The molecule has 0 spiro atoms. The molecule has 0 aliphatic heterocycles. The van der Waals surface area contributed by atoms with Crippen LogP contribution in [0.1, 0.15) is 17.3 Å². The van der Waals surface area contributed by atoms with E-state index in [2.05, 4.69) is 11.9 Å². The van der Waals surface area contributed by atoms with Gasteiger partial charge in [0.15, 0.2) is 0 Å². The molecular weight excluding hydrogens is 154 g/mol. The van der Waals surface area contributed by atoms with Gasteiger partial charge in [-0.1, -0.05) is 0 Å². The van der Waals surface area contributed by atoms with Crippen LogP contribution in [0.15, 0.2) is 24.5 Å². The van der Waals surface area contributed by atoms with Crippen molar-refractivity contribution in [3.8, 4) is 0 Å². The lowest BCUT2D eigenvalue weighted by molar-refractivity contribution is 0.0420. The summed E-state index contributed by atoms with van der Waals surface area (Å²) in [5, 5.41) is 0. The van der Waals surface area contributed by atoms with Gasteiger partial charge in [-0.25, -0.2) is 4.79 Å². The maximum absolute atomic E-state index is 11.2. The van der Waals surface area contributed by atoms with Crippen molar-refractivity contribution in [1.29, 1.82) is 0 Å². The predicted molar refractivity (Wildman–Crippen MR) is 44.5 cm³/mol. The first-order valence-electron chi connectivity index (χ1n) is 3.64. The number of hydrogen-bond acceptors (Lipinski definition) is 3. The van der Waals surface area contributed by atoms with Crippen molar-refractivity contribution in [2.75, 3.05) is 0 Å². The standard InChI is InChI=1S/C9H10NO2/c1-7(2)12-9(11)8-3-5-10-6-4-8/h3-7H,1H2,2H3/t7-/m0/s1. The molecule has 1 rings (SSSR count). The van der Waals surface area contributed by atoms with Crippen LogP contribution in [0, 0.1) is 6.92 Å². The van der Waals surface area contributed by atoms with Crippen molar-refractivity contribution < 1.29 is 9.53 Å². The number of aromatic nitrogens is 1. The molecule has 0 aliphatic carbocycles. The summed E-state index contributed by atoms with van der Waals surface area (Å²) < 4.78 is 4.86. The first kappa shape index (κ1) is 8.71. The molecule has 1 atom stereocenters. The van der Waals surface area contributed by atoms with E-state index in [0.29, 0.717) is 5.56 Å². The SMILES string of the molecule is [CH2][C@@H](C)OC(=O)c1ccncc1. The Morgan fingerprint density at radius 1 is 1.58 bits per heavy atom. The van der Waals surface area contributed by atoms with E-state index in [1.807, 2.05) is 0 Å². The largest absolute Gasteiger partial charge is 0.459 e. The third-order valence-electron chi connectivity index (χ3n) is 1.22. The normalized spacial score (nSPS) is 9.92. The highest BCUT2D eigenvalue weighted by atomic mass is 16.5. The highest BCUT2D eigenvalue weighted by Crippen LogP contribution is 2.01. The van der Waals surface area contributed by atoms with E-state index < -0.39 is 0 Å². The van der Waals surface area contributed by atoms with E-state index in [9.17, 15) is 4.79 Å². The zero-order chi connectivity index (χ0) is 8.97. The average Bonchev–Trinajstić information content (AvgIpc) is 2.05. The van der Waals surface area contributed by atoms with Crippen LogP contribution in [0.25, 0.3) is 0 Å². The number of nitrogens with zero attached hydrogens (tertiary/aromatic N) is 1. The van der Waals surface area contributed by atoms with E-state index in [1.54, 1.807) is 31.5 Å². The van der Waals surface area contributed by atoms with Gasteiger partial charge in [0.05, 0.1) is 11.7 Å². The van der Waals surface area contributed by atoms with Gasteiger partial charge < -0.3 is 4.74 Å². The van der Waals surface area contributed by atoms with E-state index >= 15 is 0 Å². The van der Waals surface area contributed by atoms with Gasteiger partial charge >= 0.3 is 5.97 Å². The summed E-state index contributed by atoms with van der Waals surface area (Å²) in [6, 6.07) is 3.20. The van der Waals surface area contributed by atoms with Gasteiger partial charge in [-0.2, -0.15) is 0 Å². The maximum atomic E-state index is 11.2. The van der Waals surface area contributed by atoms with Gasteiger partial charge in [0.1, 0.15) is 0 Å². The molecule has 0 N–H and O–H groups in total. The zero-order valence-electron chi connectivity index (χ0n) is 6.86. The smallest absolute Gasteiger partial charge is 0.338 e. The lowest BCUT2D eigenvalue weighted by atomic mass is 10.3.